The Bertz CT molecular complexity index is 398. The molecule has 0 bridgehead atoms. The lowest BCUT2D eigenvalue weighted by atomic mass is 10.4. The highest BCUT2D eigenvalue weighted by Gasteiger charge is 1.98. The van der Waals surface area contributed by atoms with Gasteiger partial charge in [0.25, 0.3) is 0 Å². The highest BCUT2D eigenvalue weighted by molar-refractivity contribution is 9.10. The van der Waals surface area contributed by atoms with E-state index in [-0.39, 0.29) is 12.4 Å². The molecular formula is C7H7BrClN3. The van der Waals surface area contributed by atoms with Gasteiger partial charge >= 0.3 is 0 Å². The number of nitrogen functional groups attached to an aromatic ring is 1. The van der Waals surface area contributed by atoms with Crippen LogP contribution in [0.1, 0.15) is 0 Å². The minimum Gasteiger partial charge on any atom is -0.382 e. The molecule has 12 heavy (non-hydrogen) atoms. The molecule has 5 heteroatoms. The van der Waals surface area contributed by atoms with Crippen LogP contribution in [0.2, 0.25) is 0 Å². The van der Waals surface area contributed by atoms with E-state index in [1.807, 2.05) is 22.7 Å². The number of imidazole rings is 1. The van der Waals surface area contributed by atoms with Crippen molar-refractivity contribution in [3.05, 3.63) is 29.1 Å². The quantitative estimate of drug-likeness (QED) is 0.776. The molecule has 0 aliphatic carbocycles. The molecule has 2 rings (SSSR count). The van der Waals surface area contributed by atoms with Gasteiger partial charge in [0.1, 0.15) is 12.1 Å². The van der Waals surface area contributed by atoms with Gasteiger partial charge in [-0.15, -0.1) is 12.4 Å². The summed E-state index contributed by atoms with van der Waals surface area (Å²) >= 11 is 3.35. The van der Waals surface area contributed by atoms with Crippen molar-refractivity contribution in [2.75, 3.05) is 5.73 Å². The van der Waals surface area contributed by atoms with Gasteiger partial charge in [0.2, 0.25) is 0 Å². The second-order valence-electron chi connectivity index (χ2n) is 2.27. The highest BCUT2D eigenvalue weighted by atomic mass is 79.9. The van der Waals surface area contributed by atoms with E-state index in [4.69, 9.17) is 5.73 Å². The molecule has 0 aromatic carbocycles. The van der Waals surface area contributed by atoms with Crippen molar-refractivity contribution in [3.8, 4) is 0 Å². The highest BCUT2D eigenvalue weighted by Crippen LogP contribution is 2.15. The normalized spacial score (nSPS) is 9.75. The zero-order valence-corrected chi connectivity index (χ0v) is 8.47. The molecule has 0 amide bonds. The Hall–Kier alpha value is -0.740. The average molecular weight is 249 g/mol. The van der Waals surface area contributed by atoms with E-state index in [0.717, 1.165) is 9.99 Å². The van der Waals surface area contributed by atoms with E-state index in [1.165, 1.54) is 0 Å². The second kappa shape index (κ2) is 3.33. The van der Waals surface area contributed by atoms with Crippen molar-refractivity contribution < 1.29 is 0 Å². The monoisotopic (exact) mass is 247 g/mol. The fourth-order valence-electron chi connectivity index (χ4n) is 0.994. The lowest BCUT2D eigenvalue weighted by Crippen LogP contribution is -1.85. The summed E-state index contributed by atoms with van der Waals surface area (Å²) in [6.07, 6.45) is 3.61. The summed E-state index contributed by atoms with van der Waals surface area (Å²) in [5, 5.41) is 0. The summed E-state index contributed by atoms with van der Waals surface area (Å²) < 4.78 is 2.89. The third-order valence-corrected chi connectivity index (χ3v) is 1.99. The molecular weight excluding hydrogens is 241 g/mol. The standard InChI is InChI=1S/C7H6BrN3.ClH/c8-5-1-2-6-7(9)10-4-11(6)3-5;/h1-4H,9H2;1H. The molecule has 2 aromatic rings. The summed E-state index contributed by atoms with van der Waals surface area (Å²) in [5.74, 6) is 0.567. The van der Waals surface area contributed by atoms with E-state index in [9.17, 15) is 0 Å². The van der Waals surface area contributed by atoms with Crippen molar-refractivity contribution >= 4 is 39.7 Å². The summed E-state index contributed by atoms with van der Waals surface area (Å²) in [6.45, 7) is 0. The molecule has 0 aliphatic rings. The predicted octanol–water partition coefficient (Wildman–Crippen LogP) is 2.10. The number of anilines is 1. The van der Waals surface area contributed by atoms with Gasteiger partial charge in [0, 0.05) is 10.7 Å². The van der Waals surface area contributed by atoms with E-state index in [1.54, 1.807) is 6.33 Å². The number of hydrogen-bond acceptors (Lipinski definition) is 2. The largest absolute Gasteiger partial charge is 0.382 e. The zero-order valence-electron chi connectivity index (χ0n) is 6.07. The lowest BCUT2D eigenvalue weighted by molar-refractivity contribution is 1.15. The Morgan fingerprint density at radius 1 is 1.42 bits per heavy atom. The van der Waals surface area contributed by atoms with Crippen molar-refractivity contribution in [1.82, 2.24) is 9.38 Å². The second-order valence-corrected chi connectivity index (χ2v) is 3.19. The van der Waals surface area contributed by atoms with Gasteiger partial charge in [0.15, 0.2) is 0 Å². The molecule has 2 N–H and O–H groups in total. The van der Waals surface area contributed by atoms with Crippen LogP contribution in [-0.4, -0.2) is 9.38 Å². The smallest absolute Gasteiger partial charge is 0.149 e. The number of nitrogens with zero attached hydrogens (tertiary/aromatic N) is 2. The van der Waals surface area contributed by atoms with Crippen LogP contribution in [0, 0.1) is 0 Å². The number of fused-ring (bicyclic) bond motifs is 1. The first-order chi connectivity index (χ1) is 5.27. The number of nitrogens with two attached hydrogens (primary N) is 1. The molecule has 64 valence electrons. The van der Waals surface area contributed by atoms with Gasteiger partial charge < -0.3 is 10.1 Å². The summed E-state index contributed by atoms with van der Waals surface area (Å²) in [5.41, 5.74) is 6.52. The van der Waals surface area contributed by atoms with E-state index < -0.39 is 0 Å². The predicted molar refractivity (Wildman–Crippen MR) is 54.6 cm³/mol. The summed E-state index contributed by atoms with van der Waals surface area (Å²) in [7, 11) is 0. The van der Waals surface area contributed by atoms with Gasteiger partial charge in [-0.1, -0.05) is 0 Å². The summed E-state index contributed by atoms with van der Waals surface area (Å²) in [6, 6.07) is 3.86. The van der Waals surface area contributed by atoms with Crippen molar-refractivity contribution in [2.24, 2.45) is 0 Å². The minimum absolute atomic E-state index is 0. The molecule has 0 saturated heterocycles. The van der Waals surface area contributed by atoms with Crippen LogP contribution in [0.25, 0.3) is 5.52 Å². The van der Waals surface area contributed by atoms with Crippen LogP contribution in [0.4, 0.5) is 5.82 Å². The Morgan fingerprint density at radius 2 is 2.17 bits per heavy atom. The average Bonchev–Trinajstić information content (AvgIpc) is 2.32. The Labute approximate surface area is 84.1 Å². The topological polar surface area (TPSA) is 43.3 Å². The third kappa shape index (κ3) is 1.40. The molecule has 0 radical (unpaired) electrons. The molecule has 0 spiro atoms. The first-order valence-electron chi connectivity index (χ1n) is 3.15. The lowest BCUT2D eigenvalue weighted by Gasteiger charge is -1.93. The number of rotatable bonds is 0. The Kier molecular flexibility index (Phi) is 2.59. The number of aromatic nitrogens is 2. The fraction of sp³-hybridized carbons (Fsp3) is 0. The van der Waals surface area contributed by atoms with E-state index in [2.05, 4.69) is 20.9 Å². The van der Waals surface area contributed by atoms with Gasteiger partial charge in [0.05, 0.1) is 5.52 Å². The van der Waals surface area contributed by atoms with Crippen LogP contribution in [0.15, 0.2) is 29.1 Å². The van der Waals surface area contributed by atoms with Crippen LogP contribution in [-0.2, 0) is 0 Å². The fourth-order valence-corrected chi connectivity index (χ4v) is 1.35. The molecule has 0 atom stereocenters. The number of halogens is 2. The molecule has 0 fully saturated rings. The SMILES string of the molecule is Cl.Nc1ncn2cc(Br)ccc12. The molecule has 0 aliphatic heterocycles. The van der Waals surface area contributed by atoms with Gasteiger partial charge in [-0.05, 0) is 28.1 Å². The van der Waals surface area contributed by atoms with E-state index in [0.29, 0.717) is 5.82 Å². The van der Waals surface area contributed by atoms with Gasteiger partial charge in [-0.2, -0.15) is 0 Å². The first-order valence-corrected chi connectivity index (χ1v) is 3.94. The maximum absolute atomic E-state index is 5.58. The van der Waals surface area contributed by atoms with Crippen molar-refractivity contribution in [3.63, 3.8) is 0 Å². The molecule has 0 saturated carbocycles. The van der Waals surface area contributed by atoms with Crippen LogP contribution >= 0.6 is 28.3 Å². The maximum Gasteiger partial charge on any atom is 0.149 e. The molecule has 2 heterocycles. The minimum atomic E-state index is 0. The Morgan fingerprint density at radius 3 is 2.92 bits per heavy atom. The maximum atomic E-state index is 5.58. The first kappa shape index (κ1) is 9.35. The van der Waals surface area contributed by atoms with Gasteiger partial charge in [-0.3, -0.25) is 0 Å². The number of pyridine rings is 1. The molecule has 0 unspecified atom stereocenters. The van der Waals surface area contributed by atoms with Crippen LogP contribution in [0.3, 0.4) is 0 Å². The molecule has 2 aromatic heterocycles. The number of hydrogen-bond donors (Lipinski definition) is 1. The van der Waals surface area contributed by atoms with Crippen molar-refractivity contribution in [2.45, 2.75) is 0 Å². The van der Waals surface area contributed by atoms with Crippen molar-refractivity contribution in [1.29, 1.82) is 0 Å². The van der Waals surface area contributed by atoms with E-state index >= 15 is 0 Å². The molecule has 3 nitrogen and oxygen atoms in total. The van der Waals surface area contributed by atoms with Crippen LogP contribution in [0.5, 0.6) is 0 Å². The van der Waals surface area contributed by atoms with Crippen LogP contribution < -0.4 is 5.73 Å². The Balaban J connectivity index is 0.000000720. The van der Waals surface area contributed by atoms with Gasteiger partial charge in [-0.25, -0.2) is 4.98 Å². The third-order valence-electron chi connectivity index (χ3n) is 1.52. The zero-order chi connectivity index (χ0) is 7.84. The summed E-state index contributed by atoms with van der Waals surface area (Å²) in [4.78, 5) is 3.96.